The van der Waals surface area contributed by atoms with Gasteiger partial charge in [-0.3, -0.25) is 0 Å². The van der Waals surface area contributed by atoms with Crippen LogP contribution >= 0.6 is 0 Å². The molecule has 1 aromatic rings. The van der Waals surface area contributed by atoms with Crippen molar-refractivity contribution in [2.24, 2.45) is 0 Å². The third-order valence-corrected chi connectivity index (χ3v) is 2.35. The molecule has 92 valence electrons. The van der Waals surface area contributed by atoms with Gasteiger partial charge >= 0.3 is 0 Å². The van der Waals surface area contributed by atoms with Crippen LogP contribution in [0.3, 0.4) is 0 Å². The third-order valence-electron chi connectivity index (χ3n) is 2.35. The first-order chi connectivity index (χ1) is 8.20. The van der Waals surface area contributed by atoms with Crippen molar-refractivity contribution >= 4 is 0 Å². The molecule has 0 unspecified atom stereocenters. The fourth-order valence-electron chi connectivity index (χ4n) is 1.26. The second-order valence-corrected chi connectivity index (χ2v) is 3.66. The summed E-state index contributed by atoms with van der Waals surface area (Å²) in [4.78, 5) is 0. The predicted molar refractivity (Wildman–Crippen MR) is 62.8 cm³/mol. The number of nitrogens with zero attached hydrogens (tertiary/aromatic N) is 3. The Labute approximate surface area is 101 Å². The molecule has 1 heterocycles. The molecule has 5 heteroatoms. The monoisotopic (exact) mass is 235 g/mol. The molecule has 0 aliphatic heterocycles. The lowest BCUT2D eigenvalue weighted by Crippen LogP contribution is -2.10. The van der Waals surface area contributed by atoms with E-state index in [0.29, 0.717) is 25.4 Å². The van der Waals surface area contributed by atoms with Gasteiger partial charge in [-0.05, 0) is 25.8 Å². The zero-order chi connectivity index (χ0) is 12.7. The Kier molecular flexibility index (Phi) is 5.37. The topological polar surface area (TPSA) is 68.0 Å². The molecule has 0 saturated heterocycles. The average Bonchev–Trinajstić information content (AvgIpc) is 2.33. The summed E-state index contributed by atoms with van der Waals surface area (Å²) >= 11 is 0. The standard InChI is InChI=1S/C12H17N3O2/c1-4-5-16-6-7-17-12-11(8-13)9(2)10(3)14-15-12/h4-7H2,1-3H3. The van der Waals surface area contributed by atoms with Gasteiger partial charge in [0.1, 0.15) is 18.2 Å². The molecule has 1 rings (SSSR count). The molecule has 0 spiro atoms. The fourth-order valence-corrected chi connectivity index (χ4v) is 1.26. The maximum Gasteiger partial charge on any atom is 0.251 e. The highest BCUT2D eigenvalue weighted by Gasteiger charge is 2.11. The van der Waals surface area contributed by atoms with Crippen LogP contribution in [0.25, 0.3) is 0 Å². The van der Waals surface area contributed by atoms with E-state index in [4.69, 9.17) is 14.7 Å². The van der Waals surface area contributed by atoms with Gasteiger partial charge in [-0.25, -0.2) is 0 Å². The number of aromatic nitrogens is 2. The van der Waals surface area contributed by atoms with E-state index in [9.17, 15) is 0 Å². The van der Waals surface area contributed by atoms with E-state index in [1.165, 1.54) is 0 Å². The van der Waals surface area contributed by atoms with Crippen LogP contribution in [-0.4, -0.2) is 30.0 Å². The Morgan fingerprint density at radius 2 is 1.94 bits per heavy atom. The predicted octanol–water partition coefficient (Wildman–Crippen LogP) is 1.77. The molecule has 0 aliphatic rings. The fraction of sp³-hybridized carbons (Fsp3) is 0.583. The highest BCUT2D eigenvalue weighted by atomic mass is 16.5. The number of hydrogen-bond acceptors (Lipinski definition) is 5. The Morgan fingerprint density at radius 1 is 1.18 bits per heavy atom. The molecule has 0 saturated carbocycles. The number of rotatable bonds is 6. The molecule has 1 aromatic heterocycles. The van der Waals surface area contributed by atoms with Gasteiger partial charge in [0.05, 0.1) is 12.3 Å². The zero-order valence-corrected chi connectivity index (χ0v) is 10.5. The Morgan fingerprint density at radius 3 is 2.59 bits per heavy atom. The number of aryl methyl sites for hydroxylation is 1. The van der Waals surface area contributed by atoms with Crippen LogP contribution in [0.15, 0.2) is 0 Å². The quantitative estimate of drug-likeness (QED) is 0.703. The maximum absolute atomic E-state index is 9.04. The van der Waals surface area contributed by atoms with E-state index < -0.39 is 0 Å². The van der Waals surface area contributed by atoms with E-state index in [0.717, 1.165) is 17.7 Å². The van der Waals surface area contributed by atoms with Gasteiger partial charge < -0.3 is 9.47 Å². The van der Waals surface area contributed by atoms with Gasteiger partial charge in [-0.15, -0.1) is 5.10 Å². The van der Waals surface area contributed by atoms with Gasteiger partial charge in [0.15, 0.2) is 0 Å². The molecule has 5 nitrogen and oxygen atoms in total. The lowest BCUT2D eigenvalue weighted by Gasteiger charge is -2.08. The van der Waals surface area contributed by atoms with Crippen molar-refractivity contribution in [1.82, 2.24) is 10.2 Å². The van der Waals surface area contributed by atoms with Crippen LogP contribution in [0.5, 0.6) is 5.88 Å². The Hall–Kier alpha value is -1.67. The summed E-state index contributed by atoms with van der Waals surface area (Å²) in [6.45, 7) is 7.29. The van der Waals surface area contributed by atoms with Gasteiger partial charge in [0.2, 0.25) is 0 Å². The van der Waals surface area contributed by atoms with Gasteiger partial charge in [-0.1, -0.05) is 6.92 Å². The number of ether oxygens (including phenoxy) is 2. The first kappa shape index (κ1) is 13.4. The normalized spacial score (nSPS) is 10.0. The van der Waals surface area contributed by atoms with Crippen LogP contribution in [0, 0.1) is 25.2 Å². The minimum atomic E-state index is 0.288. The maximum atomic E-state index is 9.04. The Balaban J connectivity index is 2.60. The summed E-state index contributed by atoms with van der Waals surface area (Å²) in [6.07, 6.45) is 0.979. The number of nitriles is 1. The molecular formula is C12H17N3O2. The molecule has 0 aliphatic carbocycles. The lowest BCUT2D eigenvalue weighted by atomic mass is 10.1. The molecule has 0 atom stereocenters. The minimum Gasteiger partial charge on any atom is -0.473 e. The van der Waals surface area contributed by atoms with Crippen molar-refractivity contribution < 1.29 is 9.47 Å². The van der Waals surface area contributed by atoms with Crippen molar-refractivity contribution in [3.05, 3.63) is 16.8 Å². The highest BCUT2D eigenvalue weighted by molar-refractivity contribution is 5.44. The molecule has 17 heavy (non-hydrogen) atoms. The second-order valence-electron chi connectivity index (χ2n) is 3.66. The average molecular weight is 235 g/mol. The minimum absolute atomic E-state index is 0.288. The largest absolute Gasteiger partial charge is 0.473 e. The summed E-state index contributed by atoms with van der Waals surface area (Å²) in [6, 6.07) is 2.09. The van der Waals surface area contributed by atoms with E-state index in [2.05, 4.69) is 16.3 Å². The van der Waals surface area contributed by atoms with Crippen molar-refractivity contribution in [1.29, 1.82) is 5.26 Å². The SMILES string of the molecule is CCCOCCOc1nnc(C)c(C)c1C#N. The molecule has 0 radical (unpaired) electrons. The van der Waals surface area contributed by atoms with Crippen LogP contribution in [0.1, 0.15) is 30.2 Å². The van der Waals surface area contributed by atoms with E-state index in [1.807, 2.05) is 20.8 Å². The van der Waals surface area contributed by atoms with Gasteiger partial charge in [-0.2, -0.15) is 10.4 Å². The summed E-state index contributed by atoms with van der Waals surface area (Å²) in [5.41, 5.74) is 2.01. The summed E-state index contributed by atoms with van der Waals surface area (Å²) in [5, 5.41) is 16.8. The lowest BCUT2D eigenvalue weighted by molar-refractivity contribution is 0.0985. The van der Waals surface area contributed by atoms with E-state index >= 15 is 0 Å². The highest BCUT2D eigenvalue weighted by Crippen LogP contribution is 2.18. The molecule has 0 N–H and O–H groups in total. The third kappa shape index (κ3) is 3.68. The van der Waals surface area contributed by atoms with Crippen LogP contribution < -0.4 is 4.74 Å². The second kappa shape index (κ2) is 6.81. The zero-order valence-electron chi connectivity index (χ0n) is 10.5. The van der Waals surface area contributed by atoms with Crippen molar-refractivity contribution in [3.8, 4) is 11.9 Å². The summed E-state index contributed by atoms with van der Waals surface area (Å²) in [7, 11) is 0. The number of hydrogen-bond donors (Lipinski definition) is 0. The van der Waals surface area contributed by atoms with Crippen LogP contribution in [-0.2, 0) is 4.74 Å². The molecule has 0 bridgehead atoms. The van der Waals surface area contributed by atoms with Crippen molar-refractivity contribution in [2.45, 2.75) is 27.2 Å². The molecule has 0 aromatic carbocycles. The summed E-state index contributed by atoms with van der Waals surface area (Å²) < 4.78 is 10.7. The van der Waals surface area contributed by atoms with Crippen molar-refractivity contribution in [3.63, 3.8) is 0 Å². The first-order valence-electron chi connectivity index (χ1n) is 5.65. The van der Waals surface area contributed by atoms with Gasteiger partial charge in [0.25, 0.3) is 5.88 Å². The van der Waals surface area contributed by atoms with Crippen LogP contribution in [0.4, 0.5) is 0 Å². The smallest absolute Gasteiger partial charge is 0.251 e. The van der Waals surface area contributed by atoms with Crippen molar-refractivity contribution in [2.75, 3.05) is 19.8 Å². The summed E-state index contributed by atoms with van der Waals surface area (Å²) in [5.74, 6) is 0.288. The van der Waals surface area contributed by atoms with Gasteiger partial charge in [0, 0.05) is 6.61 Å². The van der Waals surface area contributed by atoms with E-state index in [-0.39, 0.29) is 5.88 Å². The molecular weight excluding hydrogens is 218 g/mol. The Bertz CT molecular complexity index is 413. The van der Waals surface area contributed by atoms with E-state index in [1.54, 1.807) is 0 Å². The van der Waals surface area contributed by atoms with Crippen LogP contribution in [0.2, 0.25) is 0 Å². The molecule has 0 fully saturated rings. The molecule has 0 amide bonds. The first-order valence-corrected chi connectivity index (χ1v) is 5.65.